The van der Waals surface area contributed by atoms with E-state index in [0.717, 1.165) is 21.9 Å². The second-order valence-corrected chi connectivity index (χ2v) is 8.13. The van der Waals surface area contributed by atoms with Crippen LogP contribution in [-0.2, 0) is 14.8 Å². The van der Waals surface area contributed by atoms with Gasteiger partial charge < -0.3 is 10.0 Å². The fourth-order valence-corrected chi connectivity index (χ4v) is 4.24. The minimum atomic E-state index is -3.86. The smallest absolute Gasteiger partial charge is 0.357 e. The molecule has 0 radical (unpaired) electrons. The first-order valence-electron chi connectivity index (χ1n) is 7.28. The van der Waals surface area contributed by atoms with Crippen LogP contribution in [0.5, 0.6) is 0 Å². The second kappa shape index (κ2) is 7.67. The van der Waals surface area contributed by atoms with Crippen LogP contribution in [0.4, 0.5) is 10.7 Å². The second-order valence-electron chi connectivity index (χ2n) is 5.46. The number of hydrogen-bond donors (Lipinski definition) is 1. The fourth-order valence-electron chi connectivity index (χ4n) is 2.09. The van der Waals surface area contributed by atoms with Gasteiger partial charge in [0.15, 0.2) is 5.69 Å². The van der Waals surface area contributed by atoms with E-state index in [1.165, 1.54) is 28.6 Å². The number of nitrogens with zero attached hydrogens (tertiary/aromatic N) is 3. The van der Waals surface area contributed by atoms with Crippen LogP contribution >= 0.6 is 11.3 Å². The molecule has 0 bridgehead atoms. The molecule has 1 N–H and O–H groups in total. The highest BCUT2D eigenvalue weighted by Crippen LogP contribution is 2.36. The summed E-state index contributed by atoms with van der Waals surface area (Å²) in [5.74, 6) is -1.60. The standard InChI is InChI=1S/C16H17N3O5S2/c1-18(2)13(20)9-8-11-6-4-5-7-12(11)19(26(3,23)24)15-14(16(21)22)17-10-25-15/h4-10H,1-3H3,(H,21,22). The number of carboxylic acids is 1. The van der Waals surface area contributed by atoms with Gasteiger partial charge in [0.1, 0.15) is 5.00 Å². The summed E-state index contributed by atoms with van der Waals surface area (Å²) in [4.78, 5) is 28.3. The number of carbonyl (C=O) groups excluding carboxylic acids is 1. The molecule has 0 saturated carbocycles. The quantitative estimate of drug-likeness (QED) is 0.750. The van der Waals surface area contributed by atoms with E-state index in [4.69, 9.17) is 0 Å². The average molecular weight is 395 g/mol. The highest BCUT2D eigenvalue weighted by molar-refractivity contribution is 7.92. The van der Waals surface area contributed by atoms with Crippen molar-refractivity contribution in [3.05, 3.63) is 47.1 Å². The first-order valence-corrected chi connectivity index (χ1v) is 10.0. The molecular formula is C16H17N3O5S2. The van der Waals surface area contributed by atoms with Gasteiger partial charge in [-0.25, -0.2) is 22.5 Å². The van der Waals surface area contributed by atoms with Gasteiger partial charge in [0.25, 0.3) is 0 Å². The summed E-state index contributed by atoms with van der Waals surface area (Å²) >= 11 is 0.901. The monoisotopic (exact) mass is 395 g/mol. The summed E-state index contributed by atoms with van der Waals surface area (Å²) in [5, 5.41) is 9.25. The van der Waals surface area contributed by atoms with Crippen molar-refractivity contribution in [2.75, 3.05) is 24.7 Å². The van der Waals surface area contributed by atoms with Crippen molar-refractivity contribution >= 4 is 50.0 Å². The van der Waals surface area contributed by atoms with Gasteiger partial charge in [-0.2, -0.15) is 0 Å². The van der Waals surface area contributed by atoms with Crippen molar-refractivity contribution in [3.63, 3.8) is 0 Å². The largest absolute Gasteiger partial charge is 0.476 e. The maximum atomic E-state index is 12.4. The Morgan fingerprint density at radius 3 is 2.46 bits per heavy atom. The number of anilines is 2. The van der Waals surface area contributed by atoms with Crippen LogP contribution in [0.1, 0.15) is 16.1 Å². The lowest BCUT2D eigenvalue weighted by molar-refractivity contribution is -0.123. The van der Waals surface area contributed by atoms with E-state index in [0.29, 0.717) is 5.56 Å². The van der Waals surface area contributed by atoms with E-state index in [1.807, 2.05) is 0 Å². The van der Waals surface area contributed by atoms with Gasteiger partial charge in [-0.3, -0.25) is 4.79 Å². The number of thiazole rings is 1. The number of carboxylic acid groups (broad SMARTS) is 1. The molecule has 1 heterocycles. The summed E-state index contributed by atoms with van der Waals surface area (Å²) in [5.41, 5.74) is 1.58. The molecule has 26 heavy (non-hydrogen) atoms. The molecule has 0 fully saturated rings. The molecule has 0 spiro atoms. The van der Waals surface area contributed by atoms with Gasteiger partial charge in [-0.15, -0.1) is 11.3 Å². The third-order valence-electron chi connectivity index (χ3n) is 3.27. The summed E-state index contributed by atoms with van der Waals surface area (Å²) in [7, 11) is -0.673. The number of benzene rings is 1. The number of aromatic carboxylic acids is 1. The third kappa shape index (κ3) is 4.27. The Kier molecular flexibility index (Phi) is 5.78. The van der Waals surface area contributed by atoms with Crippen LogP contribution in [0, 0.1) is 0 Å². The van der Waals surface area contributed by atoms with Crippen LogP contribution < -0.4 is 4.31 Å². The molecule has 0 saturated heterocycles. The minimum absolute atomic E-state index is 0.0280. The summed E-state index contributed by atoms with van der Waals surface area (Å²) in [6, 6.07) is 6.48. The van der Waals surface area contributed by atoms with Crippen molar-refractivity contribution < 1.29 is 23.1 Å². The molecule has 8 nitrogen and oxygen atoms in total. The number of carbonyl (C=O) groups is 2. The molecule has 0 atom stereocenters. The predicted octanol–water partition coefficient (Wildman–Crippen LogP) is 2.04. The van der Waals surface area contributed by atoms with Crippen LogP contribution in [-0.4, -0.2) is 55.6 Å². The van der Waals surface area contributed by atoms with E-state index < -0.39 is 16.0 Å². The zero-order valence-electron chi connectivity index (χ0n) is 14.3. The van der Waals surface area contributed by atoms with Gasteiger partial charge in [-0.1, -0.05) is 18.2 Å². The lowest BCUT2D eigenvalue weighted by Crippen LogP contribution is -2.26. The van der Waals surface area contributed by atoms with E-state index in [9.17, 15) is 23.1 Å². The van der Waals surface area contributed by atoms with Crippen molar-refractivity contribution in [1.82, 2.24) is 9.88 Å². The maximum absolute atomic E-state index is 12.4. The summed E-state index contributed by atoms with van der Waals surface area (Å²) < 4.78 is 25.8. The van der Waals surface area contributed by atoms with Gasteiger partial charge in [0.05, 0.1) is 17.5 Å². The number of sulfonamides is 1. The molecule has 10 heteroatoms. The highest BCUT2D eigenvalue weighted by Gasteiger charge is 2.28. The molecule has 2 aromatic rings. The third-order valence-corrected chi connectivity index (χ3v) is 5.24. The number of rotatable bonds is 6. The number of likely N-dealkylation sites (N-methyl/N-ethyl adjacent to an activating group) is 1. The molecule has 0 aliphatic heterocycles. The van der Waals surface area contributed by atoms with Crippen molar-refractivity contribution in [2.45, 2.75) is 0 Å². The van der Waals surface area contributed by atoms with Gasteiger partial charge in [0, 0.05) is 20.2 Å². The van der Waals surface area contributed by atoms with E-state index in [-0.39, 0.29) is 22.3 Å². The van der Waals surface area contributed by atoms with Crippen molar-refractivity contribution in [3.8, 4) is 0 Å². The van der Waals surface area contributed by atoms with Gasteiger partial charge in [-0.05, 0) is 17.7 Å². The Morgan fingerprint density at radius 1 is 1.23 bits per heavy atom. The Bertz CT molecular complexity index is 964. The highest BCUT2D eigenvalue weighted by atomic mass is 32.2. The van der Waals surface area contributed by atoms with Crippen LogP contribution in [0.3, 0.4) is 0 Å². The normalized spacial score (nSPS) is 11.5. The van der Waals surface area contributed by atoms with Crippen molar-refractivity contribution in [2.24, 2.45) is 0 Å². The molecule has 2 rings (SSSR count). The minimum Gasteiger partial charge on any atom is -0.476 e. The number of hydrogen-bond acceptors (Lipinski definition) is 6. The van der Waals surface area contributed by atoms with Crippen LogP contribution in [0.15, 0.2) is 35.9 Å². The van der Waals surface area contributed by atoms with E-state index in [1.54, 1.807) is 32.3 Å². The Morgan fingerprint density at radius 2 is 1.88 bits per heavy atom. The molecule has 1 aromatic carbocycles. The average Bonchev–Trinajstić information content (AvgIpc) is 3.01. The number of amides is 1. The Labute approximate surface area is 155 Å². The van der Waals surface area contributed by atoms with Gasteiger partial charge in [0.2, 0.25) is 15.9 Å². The van der Waals surface area contributed by atoms with Crippen LogP contribution in [0.2, 0.25) is 0 Å². The molecule has 1 amide bonds. The number of para-hydroxylation sites is 1. The number of aromatic nitrogens is 1. The SMILES string of the molecule is CN(C)C(=O)C=Cc1ccccc1N(c1scnc1C(=O)O)S(C)(=O)=O. The lowest BCUT2D eigenvalue weighted by atomic mass is 10.1. The van der Waals surface area contributed by atoms with E-state index >= 15 is 0 Å². The zero-order chi connectivity index (χ0) is 19.5. The maximum Gasteiger partial charge on any atom is 0.357 e. The molecule has 0 unspecified atom stereocenters. The van der Waals surface area contributed by atoms with Gasteiger partial charge >= 0.3 is 5.97 Å². The zero-order valence-corrected chi connectivity index (χ0v) is 15.9. The Hall–Kier alpha value is -2.72. The fraction of sp³-hybridized carbons (Fsp3) is 0.188. The molecule has 138 valence electrons. The first-order chi connectivity index (χ1) is 12.1. The molecule has 0 aliphatic carbocycles. The summed E-state index contributed by atoms with van der Waals surface area (Å²) in [6.07, 6.45) is 3.77. The summed E-state index contributed by atoms with van der Waals surface area (Å²) in [6.45, 7) is 0. The molecule has 1 aromatic heterocycles. The Balaban J connectivity index is 2.63. The topological polar surface area (TPSA) is 108 Å². The first kappa shape index (κ1) is 19.6. The molecule has 0 aliphatic rings. The molecular weight excluding hydrogens is 378 g/mol. The lowest BCUT2D eigenvalue weighted by Gasteiger charge is -2.23. The predicted molar refractivity (Wildman–Crippen MR) is 100 cm³/mol. The van der Waals surface area contributed by atoms with Crippen molar-refractivity contribution in [1.29, 1.82) is 0 Å². The van der Waals surface area contributed by atoms with Crippen LogP contribution in [0.25, 0.3) is 6.08 Å². The van der Waals surface area contributed by atoms with E-state index in [2.05, 4.69) is 4.98 Å².